The molecule has 0 spiro atoms. The molecule has 0 N–H and O–H groups in total. The number of carbonyl (C=O) groups excluding carboxylic acids is 1. The molecule has 1 aliphatic heterocycles. The molecule has 2 rings (SSSR count). The fraction of sp³-hybridized carbons (Fsp3) is 0.462. The SMILES string of the molecule is Cc1ccc(C(=O)C2CCCOC2)c(Br)c1. The minimum absolute atomic E-state index is 0.0350. The molecule has 1 atom stereocenters. The molecule has 1 saturated heterocycles. The van der Waals surface area contributed by atoms with Crippen LogP contribution in [-0.4, -0.2) is 19.0 Å². The summed E-state index contributed by atoms with van der Waals surface area (Å²) in [5.41, 5.74) is 1.93. The Morgan fingerprint density at radius 2 is 2.31 bits per heavy atom. The van der Waals surface area contributed by atoms with Gasteiger partial charge in [-0.15, -0.1) is 0 Å². The van der Waals surface area contributed by atoms with Crippen molar-refractivity contribution in [1.82, 2.24) is 0 Å². The smallest absolute Gasteiger partial charge is 0.169 e. The predicted octanol–water partition coefficient (Wildman–Crippen LogP) is 3.37. The highest BCUT2D eigenvalue weighted by atomic mass is 79.9. The summed E-state index contributed by atoms with van der Waals surface area (Å²) >= 11 is 3.45. The van der Waals surface area contributed by atoms with Crippen LogP contribution in [0.15, 0.2) is 22.7 Å². The Morgan fingerprint density at radius 1 is 1.50 bits per heavy atom. The van der Waals surface area contributed by atoms with Crippen LogP contribution in [0, 0.1) is 12.8 Å². The summed E-state index contributed by atoms with van der Waals surface area (Å²) in [6, 6.07) is 5.86. The lowest BCUT2D eigenvalue weighted by atomic mass is 9.92. The summed E-state index contributed by atoms with van der Waals surface area (Å²) in [6.45, 7) is 3.38. The van der Waals surface area contributed by atoms with Gasteiger partial charge in [-0.25, -0.2) is 0 Å². The lowest BCUT2D eigenvalue weighted by Gasteiger charge is -2.21. The molecule has 0 bridgehead atoms. The Hall–Kier alpha value is -0.670. The molecule has 0 aliphatic carbocycles. The molecule has 1 fully saturated rings. The molecular formula is C13H15BrO2. The van der Waals surface area contributed by atoms with Crippen molar-refractivity contribution in [3.63, 3.8) is 0 Å². The molecule has 1 aromatic carbocycles. The normalized spacial score (nSPS) is 20.8. The molecule has 1 heterocycles. The van der Waals surface area contributed by atoms with Gasteiger partial charge in [0.05, 0.1) is 6.61 Å². The Kier molecular flexibility index (Phi) is 3.77. The van der Waals surface area contributed by atoms with Gasteiger partial charge in [0.2, 0.25) is 0 Å². The summed E-state index contributed by atoms with van der Waals surface area (Å²) in [4.78, 5) is 12.2. The van der Waals surface area contributed by atoms with Crippen molar-refractivity contribution in [2.75, 3.05) is 13.2 Å². The number of halogens is 1. The van der Waals surface area contributed by atoms with Crippen molar-refractivity contribution in [1.29, 1.82) is 0 Å². The van der Waals surface area contributed by atoms with Gasteiger partial charge in [-0.3, -0.25) is 4.79 Å². The first-order chi connectivity index (χ1) is 7.68. The first kappa shape index (κ1) is 11.8. The second-order valence-corrected chi connectivity index (χ2v) is 5.12. The van der Waals surface area contributed by atoms with E-state index in [9.17, 15) is 4.79 Å². The number of hydrogen-bond acceptors (Lipinski definition) is 2. The average molecular weight is 283 g/mol. The van der Waals surface area contributed by atoms with E-state index in [0.29, 0.717) is 6.61 Å². The molecule has 1 unspecified atom stereocenters. The number of benzene rings is 1. The Balaban J connectivity index is 2.19. The van der Waals surface area contributed by atoms with Gasteiger partial charge in [0.15, 0.2) is 5.78 Å². The zero-order valence-electron chi connectivity index (χ0n) is 9.33. The van der Waals surface area contributed by atoms with E-state index in [1.54, 1.807) is 0 Å². The minimum Gasteiger partial charge on any atom is -0.381 e. The third-order valence-corrected chi connectivity index (χ3v) is 3.58. The van der Waals surface area contributed by atoms with Gasteiger partial charge in [-0.1, -0.05) is 22.0 Å². The largest absolute Gasteiger partial charge is 0.381 e. The van der Waals surface area contributed by atoms with Crippen LogP contribution in [0.4, 0.5) is 0 Å². The van der Waals surface area contributed by atoms with E-state index in [1.807, 2.05) is 25.1 Å². The maximum Gasteiger partial charge on any atom is 0.169 e. The first-order valence-corrected chi connectivity index (χ1v) is 6.36. The Bertz CT molecular complexity index is 395. The van der Waals surface area contributed by atoms with Crippen molar-refractivity contribution < 1.29 is 9.53 Å². The van der Waals surface area contributed by atoms with Crippen molar-refractivity contribution in [3.8, 4) is 0 Å². The quantitative estimate of drug-likeness (QED) is 0.778. The molecule has 16 heavy (non-hydrogen) atoms. The summed E-state index contributed by atoms with van der Waals surface area (Å²) in [7, 11) is 0. The zero-order chi connectivity index (χ0) is 11.5. The van der Waals surface area contributed by atoms with Gasteiger partial charge in [0.25, 0.3) is 0 Å². The van der Waals surface area contributed by atoms with Gasteiger partial charge in [-0.05, 0) is 37.5 Å². The number of aryl methyl sites for hydroxylation is 1. The van der Waals surface area contributed by atoms with E-state index in [-0.39, 0.29) is 11.7 Å². The number of ketones is 1. The highest BCUT2D eigenvalue weighted by Gasteiger charge is 2.24. The maximum absolute atomic E-state index is 12.2. The molecular weight excluding hydrogens is 268 g/mol. The van der Waals surface area contributed by atoms with Crippen molar-refractivity contribution in [2.24, 2.45) is 5.92 Å². The van der Waals surface area contributed by atoms with Crippen LogP contribution in [0.5, 0.6) is 0 Å². The minimum atomic E-state index is 0.0350. The molecule has 86 valence electrons. The highest BCUT2D eigenvalue weighted by Crippen LogP contribution is 2.25. The van der Waals surface area contributed by atoms with Crippen LogP contribution < -0.4 is 0 Å². The molecule has 1 aliphatic rings. The van der Waals surface area contributed by atoms with Crippen LogP contribution in [0.2, 0.25) is 0 Å². The van der Waals surface area contributed by atoms with Crippen LogP contribution in [-0.2, 0) is 4.74 Å². The standard InChI is InChI=1S/C13H15BrO2/c1-9-4-5-11(12(14)7-9)13(15)10-3-2-6-16-8-10/h4-5,7,10H,2-3,6,8H2,1H3. The fourth-order valence-electron chi connectivity index (χ4n) is 1.99. The maximum atomic E-state index is 12.2. The monoisotopic (exact) mass is 282 g/mol. The number of rotatable bonds is 2. The zero-order valence-corrected chi connectivity index (χ0v) is 10.9. The Morgan fingerprint density at radius 3 is 2.94 bits per heavy atom. The highest BCUT2D eigenvalue weighted by molar-refractivity contribution is 9.10. The van der Waals surface area contributed by atoms with E-state index in [1.165, 1.54) is 0 Å². The Labute approximate surface area is 104 Å². The molecule has 2 nitrogen and oxygen atoms in total. The molecule has 1 aromatic rings. The lowest BCUT2D eigenvalue weighted by Crippen LogP contribution is -2.25. The van der Waals surface area contributed by atoms with Gasteiger partial charge in [0.1, 0.15) is 0 Å². The van der Waals surface area contributed by atoms with Crippen LogP contribution in [0.3, 0.4) is 0 Å². The van der Waals surface area contributed by atoms with Gasteiger partial charge < -0.3 is 4.74 Å². The molecule has 0 amide bonds. The van der Waals surface area contributed by atoms with E-state index < -0.39 is 0 Å². The van der Waals surface area contributed by atoms with Gasteiger partial charge in [-0.2, -0.15) is 0 Å². The number of ether oxygens (including phenoxy) is 1. The predicted molar refractivity (Wildman–Crippen MR) is 66.8 cm³/mol. The number of Topliss-reactive ketones (excluding diaryl/α,β-unsaturated/α-hetero) is 1. The van der Waals surface area contributed by atoms with Crippen LogP contribution in [0.1, 0.15) is 28.8 Å². The lowest BCUT2D eigenvalue weighted by molar-refractivity contribution is 0.0461. The first-order valence-electron chi connectivity index (χ1n) is 5.56. The summed E-state index contributed by atoms with van der Waals surface area (Å²) in [5.74, 6) is 0.235. The summed E-state index contributed by atoms with van der Waals surface area (Å²) in [5, 5.41) is 0. The van der Waals surface area contributed by atoms with Crippen molar-refractivity contribution in [2.45, 2.75) is 19.8 Å². The van der Waals surface area contributed by atoms with E-state index in [2.05, 4.69) is 15.9 Å². The second kappa shape index (κ2) is 5.11. The van der Waals surface area contributed by atoms with Crippen molar-refractivity contribution >= 4 is 21.7 Å². The van der Waals surface area contributed by atoms with E-state index >= 15 is 0 Å². The third-order valence-electron chi connectivity index (χ3n) is 2.92. The molecule has 0 saturated carbocycles. The summed E-state index contributed by atoms with van der Waals surface area (Å²) < 4.78 is 6.24. The van der Waals surface area contributed by atoms with E-state index in [0.717, 1.165) is 35.0 Å². The second-order valence-electron chi connectivity index (χ2n) is 4.26. The van der Waals surface area contributed by atoms with Gasteiger partial charge in [0, 0.05) is 22.6 Å². The van der Waals surface area contributed by atoms with E-state index in [4.69, 9.17) is 4.74 Å². The summed E-state index contributed by atoms with van der Waals surface area (Å²) in [6.07, 6.45) is 1.93. The fourth-order valence-corrected chi connectivity index (χ4v) is 2.68. The average Bonchev–Trinajstić information content (AvgIpc) is 2.29. The number of carbonyl (C=O) groups is 1. The molecule has 3 heteroatoms. The molecule has 0 radical (unpaired) electrons. The van der Waals surface area contributed by atoms with Crippen LogP contribution in [0.25, 0.3) is 0 Å². The van der Waals surface area contributed by atoms with Gasteiger partial charge >= 0.3 is 0 Å². The third kappa shape index (κ3) is 2.53. The van der Waals surface area contributed by atoms with Crippen LogP contribution >= 0.6 is 15.9 Å². The topological polar surface area (TPSA) is 26.3 Å². The van der Waals surface area contributed by atoms with Crippen molar-refractivity contribution in [3.05, 3.63) is 33.8 Å². The number of hydrogen-bond donors (Lipinski definition) is 0. The molecule has 0 aromatic heterocycles.